The molecule has 0 aliphatic carbocycles. The molecule has 0 bridgehead atoms. The lowest BCUT2D eigenvalue weighted by Gasteiger charge is -2.23. The molecule has 10 heteroatoms. The summed E-state index contributed by atoms with van der Waals surface area (Å²) in [6.45, 7) is 13.7. The van der Waals surface area contributed by atoms with Crippen LogP contribution < -0.4 is 11.5 Å². The van der Waals surface area contributed by atoms with Gasteiger partial charge in [0.05, 0.1) is 0 Å². The van der Waals surface area contributed by atoms with Crippen molar-refractivity contribution in [3.8, 4) is 45.6 Å². The Hall–Kier alpha value is -4.54. The third-order valence-electron chi connectivity index (χ3n) is 10.4. The summed E-state index contributed by atoms with van der Waals surface area (Å²) in [5.74, 6) is -2.02. The maximum atomic E-state index is 12.3. The Labute approximate surface area is 320 Å². The summed E-state index contributed by atoms with van der Waals surface area (Å²) in [5.41, 5.74) is 14.5. The molecule has 4 aromatic rings. The average molecular weight is 743 g/mol. The van der Waals surface area contributed by atoms with Gasteiger partial charge >= 0.3 is 0 Å². The summed E-state index contributed by atoms with van der Waals surface area (Å²) in [6, 6.07) is 3.72. The van der Waals surface area contributed by atoms with E-state index in [1.165, 1.54) is 12.4 Å². The second kappa shape index (κ2) is 19.2. The largest absolute Gasteiger partial charge is 0.507 e. The maximum Gasteiger partial charge on any atom is 0.167 e. The predicted octanol–water partition coefficient (Wildman–Crippen LogP) is 9.41. The highest BCUT2D eigenvalue weighted by atomic mass is 16.3. The molecule has 0 radical (unpaired) electrons. The van der Waals surface area contributed by atoms with Crippen molar-refractivity contribution in [3.63, 3.8) is 0 Å². The number of aliphatic imine (C=N–C) groups is 2. The van der Waals surface area contributed by atoms with E-state index < -0.39 is 0 Å². The highest BCUT2D eigenvalue weighted by Gasteiger charge is 2.29. The zero-order valence-electron chi connectivity index (χ0n) is 33.1. The van der Waals surface area contributed by atoms with Crippen molar-refractivity contribution in [3.05, 3.63) is 45.5 Å². The SMILES string of the molecule is Cc1cc2c(C(C)C)c(O)c(O)c(C=NCCCCCCCN)c2c(O)c1-c1c(C)cc2c(C(C)C)c(O)c(O)c(C=NCCCCCCCN)c2c1O. The number of hydrogen-bond donors (Lipinski definition) is 8. The molecular formula is C44H62N4O6. The summed E-state index contributed by atoms with van der Waals surface area (Å²) in [4.78, 5) is 9.18. The van der Waals surface area contributed by atoms with Crippen molar-refractivity contribution in [1.29, 1.82) is 0 Å². The van der Waals surface area contributed by atoms with Gasteiger partial charge in [-0.25, -0.2) is 0 Å². The predicted molar refractivity (Wildman–Crippen MR) is 224 cm³/mol. The molecule has 0 aliphatic rings. The summed E-state index contributed by atoms with van der Waals surface area (Å²) < 4.78 is 0. The maximum absolute atomic E-state index is 12.3. The number of benzene rings is 4. The van der Waals surface area contributed by atoms with E-state index in [2.05, 4.69) is 9.98 Å². The lowest BCUT2D eigenvalue weighted by molar-refractivity contribution is 0.398. The molecule has 4 aromatic carbocycles. The van der Waals surface area contributed by atoms with Crippen molar-refractivity contribution in [1.82, 2.24) is 0 Å². The van der Waals surface area contributed by atoms with E-state index in [4.69, 9.17) is 11.5 Å². The van der Waals surface area contributed by atoms with Gasteiger partial charge in [-0.1, -0.05) is 78.4 Å². The van der Waals surface area contributed by atoms with Crippen LogP contribution >= 0.6 is 0 Å². The minimum Gasteiger partial charge on any atom is -0.507 e. The molecule has 0 amide bonds. The van der Waals surface area contributed by atoms with Crippen molar-refractivity contribution >= 4 is 34.0 Å². The Kier molecular flexibility index (Phi) is 15.0. The van der Waals surface area contributed by atoms with Gasteiger partial charge in [0.25, 0.3) is 0 Å². The smallest absolute Gasteiger partial charge is 0.167 e. The third-order valence-corrected chi connectivity index (χ3v) is 10.4. The van der Waals surface area contributed by atoms with Crippen molar-refractivity contribution in [2.24, 2.45) is 21.5 Å². The van der Waals surface area contributed by atoms with Crippen LogP contribution in [0.4, 0.5) is 0 Å². The van der Waals surface area contributed by atoms with Crippen LogP contribution in [-0.4, -0.2) is 69.2 Å². The van der Waals surface area contributed by atoms with Gasteiger partial charge in [0, 0.05) is 69.7 Å². The number of phenols is 6. The number of hydrogen-bond acceptors (Lipinski definition) is 10. The lowest BCUT2D eigenvalue weighted by atomic mass is 9.83. The van der Waals surface area contributed by atoms with Crippen LogP contribution in [0.25, 0.3) is 32.7 Å². The van der Waals surface area contributed by atoms with Crippen molar-refractivity contribution < 1.29 is 30.6 Å². The monoisotopic (exact) mass is 742 g/mol. The minimum absolute atomic E-state index is 0.180. The van der Waals surface area contributed by atoms with Gasteiger partial charge < -0.3 is 42.1 Å². The van der Waals surface area contributed by atoms with Crippen LogP contribution in [0.5, 0.6) is 34.5 Å². The number of unbranched alkanes of at least 4 members (excludes halogenated alkanes) is 8. The van der Waals surface area contributed by atoms with Crippen molar-refractivity contribution in [2.45, 2.75) is 118 Å². The van der Waals surface area contributed by atoms with Crippen LogP contribution in [0.2, 0.25) is 0 Å². The molecule has 54 heavy (non-hydrogen) atoms. The highest BCUT2D eigenvalue weighted by Crippen LogP contribution is 2.54. The van der Waals surface area contributed by atoms with Crippen LogP contribution in [0.15, 0.2) is 22.1 Å². The fourth-order valence-corrected chi connectivity index (χ4v) is 7.69. The first-order valence-electron chi connectivity index (χ1n) is 19.7. The molecule has 0 fully saturated rings. The minimum atomic E-state index is -0.373. The Balaban J connectivity index is 1.95. The third kappa shape index (κ3) is 8.87. The molecule has 0 saturated heterocycles. The number of nitrogens with zero attached hydrogens (tertiary/aromatic N) is 2. The van der Waals surface area contributed by atoms with Gasteiger partial charge in [0.15, 0.2) is 23.0 Å². The quantitative estimate of drug-likeness (QED) is 0.0264. The topological polar surface area (TPSA) is 198 Å². The van der Waals surface area contributed by atoms with Gasteiger partial charge in [0.1, 0.15) is 11.5 Å². The molecule has 0 unspecified atom stereocenters. The molecule has 4 rings (SSSR count). The lowest BCUT2D eigenvalue weighted by Crippen LogP contribution is -2.01. The molecule has 0 atom stereocenters. The fraction of sp³-hybridized carbons (Fsp3) is 0.500. The first kappa shape index (κ1) is 42.2. The Bertz CT molecular complexity index is 1860. The van der Waals surface area contributed by atoms with E-state index in [1.54, 1.807) is 0 Å². The molecule has 0 aliphatic heterocycles. The summed E-state index contributed by atoms with van der Waals surface area (Å²) in [5, 5.41) is 71.7. The van der Waals surface area contributed by atoms with Crippen LogP contribution in [0.3, 0.4) is 0 Å². The van der Waals surface area contributed by atoms with Gasteiger partial charge in [0.2, 0.25) is 0 Å². The van der Waals surface area contributed by atoms with E-state index in [0.29, 0.717) is 81.1 Å². The number of phenolic OH excluding ortho intramolecular Hbond substituents is 6. The second-order valence-corrected chi connectivity index (χ2v) is 15.2. The summed E-state index contributed by atoms with van der Waals surface area (Å²) >= 11 is 0. The van der Waals surface area contributed by atoms with Gasteiger partial charge in [-0.3, -0.25) is 9.98 Å². The highest BCUT2D eigenvalue weighted by molar-refractivity contribution is 6.15. The molecular weight excluding hydrogens is 681 g/mol. The number of aromatic hydroxyl groups is 6. The van der Waals surface area contributed by atoms with Gasteiger partial charge in [-0.2, -0.15) is 0 Å². The van der Waals surface area contributed by atoms with Crippen molar-refractivity contribution in [2.75, 3.05) is 26.2 Å². The van der Waals surface area contributed by atoms with E-state index in [-0.39, 0.29) is 57.5 Å². The molecule has 294 valence electrons. The molecule has 10 nitrogen and oxygen atoms in total. The molecule has 10 N–H and O–H groups in total. The first-order chi connectivity index (χ1) is 25.8. The Morgan fingerprint density at radius 2 is 0.833 bits per heavy atom. The van der Waals surface area contributed by atoms with Gasteiger partial charge in [-0.05, 0) is 86.4 Å². The molecule has 0 heterocycles. The zero-order chi connectivity index (χ0) is 39.7. The fourth-order valence-electron chi connectivity index (χ4n) is 7.69. The number of rotatable bonds is 19. The number of nitrogens with two attached hydrogens (primary N) is 2. The van der Waals surface area contributed by atoms with Crippen LogP contribution in [-0.2, 0) is 0 Å². The summed E-state index contributed by atoms with van der Waals surface area (Å²) in [7, 11) is 0. The Morgan fingerprint density at radius 1 is 0.500 bits per heavy atom. The van der Waals surface area contributed by atoms with Gasteiger partial charge in [-0.15, -0.1) is 0 Å². The number of fused-ring (bicyclic) bond motifs is 2. The van der Waals surface area contributed by atoms with Crippen LogP contribution in [0, 0.1) is 13.8 Å². The summed E-state index contributed by atoms with van der Waals surface area (Å²) in [6.07, 6.45) is 12.9. The van der Waals surface area contributed by atoms with E-state index >= 15 is 0 Å². The van der Waals surface area contributed by atoms with Crippen LogP contribution in [0.1, 0.15) is 137 Å². The van der Waals surface area contributed by atoms with E-state index in [1.807, 2.05) is 53.7 Å². The second-order valence-electron chi connectivity index (χ2n) is 15.2. The Morgan fingerprint density at radius 3 is 1.17 bits per heavy atom. The normalized spacial score (nSPS) is 12.3. The van der Waals surface area contributed by atoms with E-state index in [9.17, 15) is 30.6 Å². The number of aryl methyl sites for hydroxylation is 2. The molecule has 0 spiro atoms. The zero-order valence-corrected chi connectivity index (χ0v) is 33.1. The first-order valence-corrected chi connectivity index (χ1v) is 19.7. The standard InChI is InChI=1S/C44H62N4O6/c1-25(2)33-29-21-27(5)35(41(51)37(29)31(39(49)43(33)53)23-47-19-15-11-7-9-13-17-45)36-28(6)22-30-34(26(3)4)44(54)40(50)32(38(30)42(36)52)24-48-20-16-12-8-10-14-18-46/h21-26,49-54H,7-20,45-46H2,1-6H3. The average Bonchev–Trinajstić information content (AvgIpc) is 3.11. The van der Waals surface area contributed by atoms with E-state index in [0.717, 1.165) is 64.2 Å². The molecule has 0 saturated carbocycles. The molecule has 0 aromatic heterocycles.